The number of imide groups is 1. The number of hydrogen-bond donors (Lipinski definition) is 2. The number of ether oxygens (including phenoxy) is 1. The molecule has 3 amide bonds. The maximum Gasteiger partial charge on any atom is 0.318 e. The van der Waals surface area contributed by atoms with Crippen LogP contribution in [0.15, 0.2) is 28.2 Å². The zero-order chi connectivity index (χ0) is 18.4. The molecule has 0 fully saturated rings. The summed E-state index contributed by atoms with van der Waals surface area (Å²) in [5.41, 5.74) is 5.13. The number of nitrogens with two attached hydrogens (primary N) is 1. The number of benzene rings is 1. The molecule has 0 aliphatic carbocycles. The van der Waals surface area contributed by atoms with Crippen molar-refractivity contribution in [1.82, 2.24) is 14.9 Å². The molecule has 0 spiro atoms. The van der Waals surface area contributed by atoms with Crippen LogP contribution in [0.5, 0.6) is 0 Å². The summed E-state index contributed by atoms with van der Waals surface area (Å²) in [6.07, 6.45) is 0.609. The predicted molar refractivity (Wildman–Crippen MR) is 96.0 cm³/mol. The summed E-state index contributed by atoms with van der Waals surface area (Å²) in [5, 5.41) is 3.22. The third-order valence-corrected chi connectivity index (χ3v) is 4.42. The molecule has 0 aliphatic rings. The van der Waals surface area contributed by atoms with E-state index in [-0.39, 0.29) is 11.3 Å². The highest BCUT2D eigenvalue weighted by Crippen LogP contribution is 2.20. The summed E-state index contributed by atoms with van der Waals surface area (Å²) in [6, 6.07) is 3.90. The predicted octanol–water partition coefficient (Wildman–Crippen LogP) is 1.37. The molecule has 0 aliphatic heterocycles. The van der Waals surface area contributed by atoms with Gasteiger partial charge in [0, 0.05) is 25.3 Å². The van der Waals surface area contributed by atoms with Gasteiger partial charge in [-0.05, 0) is 24.6 Å². The molecule has 1 aromatic carbocycles. The first-order valence-corrected chi connectivity index (χ1v) is 8.70. The maximum absolute atomic E-state index is 12.7. The van der Waals surface area contributed by atoms with E-state index < -0.39 is 11.9 Å². The van der Waals surface area contributed by atoms with Crippen molar-refractivity contribution in [3.63, 3.8) is 0 Å². The quantitative estimate of drug-likeness (QED) is 0.423. The molecule has 2 aromatic rings. The average Bonchev–Trinajstić information content (AvgIpc) is 2.54. The SMILES string of the molecule is COCCCn1c(SCC(=O)NC(N)=O)nc2cc(Cl)ccc2c1=O. The third-order valence-electron chi connectivity index (χ3n) is 3.21. The van der Waals surface area contributed by atoms with E-state index in [0.29, 0.717) is 40.7 Å². The minimum Gasteiger partial charge on any atom is -0.385 e. The first-order valence-electron chi connectivity index (χ1n) is 7.33. The second kappa shape index (κ2) is 8.84. The van der Waals surface area contributed by atoms with Gasteiger partial charge in [-0.3, -0.25) is 19.5 Å². The Morgan fingerprint density at radius 2 is 2.20 bits per heavy atom. The highest BCUT2D eigenvalue weighted by molar-refractivity contribution is 7.99. The molecule has 0 radical (unpaired) electrons. The van der Waals surface area contributed by atoms with Crippen LogP contribution in [0.2, 0.25) is 5.02 Å². The van der Waals surface area contributed by atoms with Crippen LogP contribution < -0.4 is 16.6 Å². The number of hydrogen-bond acceptors (Lipinski definition) is 6. The Labute approximate surface area is 152 Å². The Morgan fingerprint density at radius 1 is 1.44 bits per heavy atom. The van der Waals surface area contributed by atoms with Gasteiger partial charge in [-0.25, -0.2) is 9.78 Å². The van der Waals surface area contributed by atoms with Gasteiger partial charge in [0.1, 0.15) is 0 Å². The Bertz CT molecular complexity index is 855. The molecule has 10 heteroatoms. The number of carbonyl (C=O) groups is 2. The van der Waals surface area contributed by atoms with Gasteiger partial charge >= 0.3 is 6.03 Å². The van der Waals surface area contributed by atoms with Crippen molar-refractivity contribution >= 4 is 46.2 Å². The zero-order valence-electron chi connectivity index (χ0n) is 13.5. The van der Waals surface area contributed by atoms with Crippen LogP contribution in [0.3, 0.4) is 0 Å². The number of halogens is 1. The fraction of sp³-hybridized carbons (Fsp3) is 0.333. The van der Waals surface area contributed by atoms with Crippen LogP contribution in [-0.2, 0) is 16.1 Å². The van der Waals surface area contributed by atoms with Crippen LogP contribution in [0.4, 0.5) is 4.79 Å². The Kier molecular flexibility index (Phi) is 6.80. The van der Waals surface area contributed by atoms with Crippen LogP contribution >= 0.6 is 23.4 Å². The summed E-state index contributed by atoms with van der Waals surface area (Å²) >= 11 is 7.00. The molecule has 0 saturated carbocycles. The molecular weight excluding hydrogens is 368 g/mol. The summed E-state index contributed by atoms with van der Waals surface area (Å²) < 4.78 is 6.50. The van der Waals surface area contributed by atoms with Crippen molar-refractivity contribution in [2.75, 3.05) is 19.5 Å². The molecule has 2 rings (SSSR count). The summed E-state index contributed by atoms with van der Waals surface area (Å²) in [7, 11) is 1.58. The molecular formula is C15H17ClN4O4S. The van der Waals surface area contributed by atoms with Crippen molar-refractivity contribution in [1.29, 1.82) is 0 Å². The van der Waals surface area contributed by atoms with Gasteiger partial charge in [-0.1, -0.05) is 23.4 Å². The molecule has 0 unspecified atom stereocenters. The minimum absolute atomic E-state index is 0.105. The van der Waals surface area contributed by atoms with Crippen LogP contribution in [0.1, 0.15) is 6.42 Å². The van der Waals surface area contributed by atoms with E-state index in [1.54, 1.807) is 25.3 Å². The molecule has 0 bridgehead atoms. The van der Waals surface area contributed by atoms with E-state index in [1.807, 2.05) is 5.32 Å². The smallest absolute Gasteiger partial charge is 0.318 e. The minimum atomic E-state index is -0.929. The number of thioether (sulfide) groups is 1. The fourth-order valence-corrected chi connectivity index (χ4v) is 3.14. The number of amides is 3. The van der Waals surface area contributed by atoms with Crippen molar-refractivity contribution in [2.45, 2.75) is 18.1 Å². The number of nitrogens with one attached hydrogen (secondary N) is 1. The number of fused-ring (bicyclic) bond motifs is 1. The van der Waals surface area contributed by atoms with Gasteiger partial charge in [0.15, 0.2) is 5.16 Å². The largest absolute Gasteiger partial charge is 0.385 e. The molecule has 0 atom stereocenters. The van der Waals surface area contributed by atoms with Gasteiger partial charge in [0.25, 0.3) is 5.56 Å². The van der Waals surface area contributed by atoms with Gasteiger partial charge < -0.3 is 10.5 Å². The molecule has 134 valence electrons. The number of methoxy groups -OCH3 is 1. The van der Waals surface area contributed by atoms with E-state index in [0.717, 1.165) is 11.8 Å². The zero-order valence-corrected chi connectivity index (χ0v) is 15.0. The Balaban J connectivity index is 2.36. The van der Waals surface area contributed by atoms with Crippen molar-refractivity contribution in [2.24, 2.45) is 5.73 Å². The van der Waals surface area contributed by atoms with Gasteiger partial charge in [-0.2, -0.15) is 0 Å². The first kappa shape index (κ1) is 19.2. The van der Waals surface area contributed by atoms with Crippen LogP contribution in [-0.4, -0.2) is 41.0 Å². The second-order valence-corrected chi connectivity index (χ2v) is 6.44. The van der Waals surface area contributed by atoms with E-state index in [1.165, 1.54) is 4.57 Å². The Hall–Kier alpha value is -2.10. The lowest BCUT2D eigenvalue weighted by molar-refractivity contribution is -0.117. The second-order valence-electron chi connectivity index (χ2n) is 5.06. The average molecular weight is 385 g/mol. The molecule has 1 aromatic heterocycles. The topological polar surface area (TPSA) is 116 Å². The Morgan fingerprint density at radius 3 is 2.88 bits per heavy atom. The number of nitrogens with zero attached hydrogens (tertiary/aromatic N) is 2. The first-order chi connectivity index (χ1) is 11.9. The summed E-state index contributed by atoms with van der Waals surface area (Å²) in [6.45, 7) is 0.870. The number of aromatic nitrogens is 2. The highest BCUT2D eigenvalue weighted by atomic mass is 35.5. The number of primary amides is 1. The molecule has 8 nitrogen and oxygen atoms in total. The molecule has 3 N–H and O–H groups in total. The lowest BCUT2D eigenvalue weighted by Crippen LogP contribution is -2.36. The monoisotopic (exact) mass is 384 g/mol. The highest BCUT2D eigenvalue weighted by Gasteiger charge is 2.14. The molecule has 0 saturated heterocycles. The normalized spacial score (nSPS) is 10.8. The van der Waals surface area contributed by atoms with E-state index in [9.17, 15) is 14.4 Å². The molecule has 25 heavy (non-hydrogen) atoms. The number of rotatable bonds is 7. The van der Waals surface area contributed by atoms with Crippen LogP contribution in [0.25, 0.3) is 10.9 Å². The number of carbonyl (C=O) groups excluding carboxylic acids is 2. The van der Waals surface area contributed by atoms with Crippen LogP contribution in [0, 0.1) is 0 Å². The van der Waals surface area contributed by atoms with E-state index in [4.69, 9.17) is 22.1 Å². The van der Waals surface area contributed by atoms with Gasteiger partial charge in [0.2, 0.25) is 5.91 Å². The van der Waals surface area contributed by atoms with E-state index >= 15 is 0 Å². The standard InChI is InChI=1S/C15H17ClN4O4S/c1-24-6-2-5-20-13(22)10-4-3-9(16)7-11(10)18-15(20)25-8-12(21)19-14(17)23/h3-4,7H,2,5-6,8H2,1H3,(H3,17,19,21,23). The van der Waals surface area contributed by atoms with E-state index in [2.05, 4.69) is 4.98 Å². The lowest BCUT2D eigenvalue weighted by atomic mass is 10.2. The lowest BCUT2D eigenvalue weighted by Gasteiger charge is -2.13. The fourth-order valence-electron chi connectivity index (χ4n) is 2.15. The van der Waals surface area contributed by atoms with Crippen molar-refractivity contribution in [3.05, 3.63) is 33.6 Å². The van der Waals surface area contributed by atoms with Crippen molar-refractivity contribution < 1.29 is 14.3 Å². The van der Waals surface area contributed by atoms with Crippen molar-refractivity contribution in [3.8, 4) is 0 Å². The summed E-state index contributed by atoms with van der Waals surface area (Å²) in [5.74, 6) is -0.674. The van der Waals surface area contributed by atoms with Gasteiger partial charge in [-0.15, -0.1) is 0 Å². The summed E-state index contributed by atoms with van der Waals surface area (Å²) in [4.78, 5) is 39.5. The maximum atomic E-state index is 12.7. The number of urea groups is 1. The van der Waals surface area contributed by atoms with Gasteiger partial charge in [0.05, 0.1) is 16.7 Å². The molecule has 1 heterocycles. The third kappa shape index (κ3) is 5.18.